The minimum atomic E-state index is 0.261. The summed E-state index contributed by atoms with van der Waals surface area (Å²) < 4.78 is 11.8. The zero-order chi connectivity index (χ0) is 19.7. The van der Waals surface area contributed by atoms with Crippen LogP contribution in [0.2, 0.25) is 0 Å². The second-order valence-corrected chi connectivity index (χ2v) is 8.95. The van der Waals surface area contributed by atoms with Crippen LogP contribution in [0.3, 0.4) is 0 Å². The summed E-state index contributed by atoms with van der Waals surface area (Å²) in [4.78, 5) is 7.52. The zero-order valence-corrected chi connectivity index (χ0v) is 17.7. The molecule has 28 heavy (non-hydrogen) atoms. The highest BCUT2D eigenvalue weighted by atomic mass is 16.5. The summed E-state index contributed by atoms with van der Waals surface area (Å²) in [5.41, 5.74) is 4.99. The lowest BCUT2D eigenvalue weighted by Crippen LogP contribution is -2.21. The molecular formula is C23H33N3O2. The number of nitrogens with one attached hydrogen (secondary N) is 1. The molecule has 1 fully saturated rings. The van der Waals surface area contributed by atoms with Gasteiger partial charge in [-0.2, -0.15) is 0 Å². The molecule has 0 spiro atoms. The second-order valence-electron chi connectivity index (χ2n) is 8.95. The molecule has 0 saturated carbocycles. The van der Waals surface area contributed by atoms with Crippen LogP contribution in [-0.2, 0) is 12.8 Å². The molecule has 1 N–H and O–H groups in total. The molecule has 5 heteroatoms. The quantitative estimate of drug-likeness (QED) is 0.723. The Labute approximate surface area is 168 Å². The molecule has 1 aromatic heterocycles. The van der Waals surface area contributed by atoms with E-state index in [1.807, 2.05) is 7.05 Å². The summed E-state index contributed by atoms with van der Waals surface area (Å²) in [5.74, 6) is 1.58. The molecule has 1 aliphatic heterocycles. The van der Waals surface area contributed by atoms with Crippen LogP contribution in [0, 0.1) is 5.41 Å². The SMILES string of the molecule is CNc1c2c(nc3cc(OCCCN4CCCC4)c(OC)cc13)CC(C)(C)C2. The van der Waals surface area contributed by atoms with E-state index in [1.54, 1.807) is 7.11 Å². The maximum absolute atomic E-state index is 6.12. The molecule has 1 saturated heterocycles. The fourth-order valence-corrected chi connectivity index (χ4v) is 4.73. The van der Waals surface area contributed by atoms with Gasteiger partial charge in [-0.3, -0.25) is 4.98 Å². The Kier molecular flexibility index (Phi) is 5.37. The molecule has 2 aliphatic rings. The van der Waals surface area contributed by atoms with E-state index in [0.717, 1.165) is 48.2 Å². The number of ether oxygens (including phenoxy) is 2. The molecule has 2 aromatic rings. The van der Waals surface area contributed by atoms with E-state index in [0.29, 0.717) is 6.61 Å². The van der Waals surface area contributed by atoms with Crippen molar-refractivity contribution in [2.24, 2.45) is 5.41 Å². The van der Waals surface area contributed by atoms with E-state index in [1.165, 1.54) is 42.9 Å². The van der Waals surface area contributed by atoms with Crippen molar-refractivity contribution in [3.63, 3.8) is 0 Å². The van der Waals surface area contributed by atoms with Gasteiger partial charge in [0.1, 0.15) is 0 Å². The van der Waals surface area contributed by atoms with Crippen LogP contribution < -0.4 is 14.8 Å². The third kappa shape index (κ3) is 3.77. The van der Waals surface area contributed by atoms with Crippen LogP contribution in [0.4, 0.5) is 5.69 Å². The van der Waals surface area contributed by atoms with Gasteiger partial charge in [0, 0.05) is 36.4 Å². The molecule has 0 radical (unpaired) electrons. The number of methoxy groups -OCH3 is 1. The molecular weight excluding hydrogens is 350 g/mol. The van der Waals surface area contributed by atoms with Gasteiger partial charge in [-0.1, -0.05) is 13.8 Å². The summed E-state index contributed by atoms with van der Waals surface area (Å²) in [5, 5.41) is 4.53. The lowest BCUT2D eigenvalue weighted by atomic mass is 9.90. The molecule has 0 amide bonds. The Bertz CT molecular complexity index is 857. The first-order valence-corrected chi connectivity index (χ1v) is 10.6. The fourth-order valence-electron chi connectivity index (χ4n) is 4.73. The van der Waals surface area contributed by atoms with Crippen molar-refractivity contribution < 1.29 is 9.47 Å². The number of hydrogen-bond acceptors (Lipinski definition) is 5. The summed E-state index contributed by atoms with van der Waals surface area (Å²) in [6, 6.07) is 4.13. The number of pyridine rings is 1. The van der Waals surface area contributed by atoms with E-state index in [9.17, 15) is 0 Å². The summed E-state index contributed by atoms with van der Waals surface area (Å²) in [7, 11) is 3.71. The average molecular weight is 384 g/mol. The van der Waals surface area contributed by atoms with Gasteiger partial charge in [0.05, 0.1) is 19.2 Å². The summed E-state index contributed by atoms with van der Waals surface area (Å²) in [6.07, 6.45) is 5.78. The van der Waals surface area contributed by atoms with Gasteiger partial charge >= 0.3 is 0 Å². The van der Waals surface area contributed by atoms with Crippen molar-refractivity contribution in [3.05, 3.63) is 23.4 Å². The Hall–Kier alpha value is -2.01. The number of nitrogens with zero attached hydrogens (tertiary/aromatic N) is 2. The highest BCUT2D eigenvalue weighted by molar-refractivity contribution is 5.96. The number of rotatable bonds is 7. The lowest BCUT2D eigenvalue weighted by Gasteiger charge is -2.17. The number of aromatic nitrogens is 1. The van der Waals surface area contributed by atoms with Gasteiger partial charge in [0.25, 0.3) is 0 Å². The van der Waals surface area contributed by atoms with Gasteiger partial charge < -0.3 is 19.7 Å². The largest absolute Gasteiger partial charge is 0.493 e. The van der Waals surface area contributed by atoms with Gasteiger partial charge in [-0.05, 0) is 62.2 Å². The number of benzene rings is 1. The standard InChI is InChI=1S/C23H33N3O2/c1-23(2)14-17-19(15-23)25-18-13-21(20(27-4)12-16(18)22(17)24-3)28-11-7-10-26-8-5-6-9-26/h12-13H,5-11,14-15H2,1-4H3,(H,24,25). The molecule has 0 bridgehead atoms. The number of fused-ring (bicyclic) bond motifs is 2. The van der Waals surface area contributed by atoms with Crippen LogP contribution in [0.5, 0.6) is 11.5 Å². The molecule has 4 rings (SSSR count). The monoisotopic (exact) mass is 383 g/mol. The highest BCUT2D eigenvalue weighted by Crippen LogP contribution is 2.44. The second kappa shape index (κ2) is 7.78. The predicted octanol–water partition coefficient (Wildman–Crippen LogP) is 4.27. The van der Waals surface area contributed by atoms with E-state index in [4.69, 9.17) is 14.5 Å². The summed E-state index contributed by atoms with van der Waals surface area (Å²) in [6.45, 7) is 8.91. The van der Waals surface area contributed by atoms with E-state index in [-0.39, 0.29) is 5.41 Å². The van der Waals surface area contributed by atoms with Gasteiger partial charge in [0.15, 0.2) is 11.5 Å². The Morgan fingerprint density at radius 1 is 1.14 bits per heavy atom. The van der Waals surface area contributed by atoms with Crippen molar-refractivity contribution in [1.82, 2.24) is 9.88 Å². The maximum atomic E-state index is 6.12. The number of hydrogen-bond donors (Lipinski definition) is 1. The first-order chi connectivity index (χ1) is 13.5. The molecule has 0 unspecified atom stereocenters. The Morgan fingerprint density at radius 3 is 2.64 bits per heavy atom. The molecule has 5 nitrogen and oxygen atoms in total. The van der Waals surface area contributed by atoms with Gasteiger partial charge in [-0.25, -0.2) is 0 Å². The van der Waals surface area contributed by atoms with Crippen molar-refractivity contribution >= 4 is 16.6 Å². The highest BCUT2D eigenvalue weighted by Gasteiger charge is 2.32. The van der Waals surface area contributed by atoms with Crippen molar-refractivity contribution in [2.45, 2.75) is 46.0 Å². The average Bonchev–Trinajstić information content (AvgIpc) is 3.28. The van der Waals surface area contributed by atoms with Crippen LogP contribution in [0.15, 0.2) is 12.1 Å². The molecule has 1 aliphatic carbocycles. The lowest BCUT2D eigenvalue weighted by molar-refractivity contribution is 0.254. The smallest absolute Gasteiger partial charge is 0.163 e. The first-order valence-electron chi connectivity index (χ1n) is 10.6. The van der Waals surface area contributed by atoms with Crippen molar-refractivity contribution in [3.8, 4) is 11.5 Å². The first kappa shape index (κ1) is 19.3. The van der Waals surface area contributed by atoms with E-state index in [2.05, 4.69) is 36.2 Å². The minimum absolute atomic E-state index is 0.261. The van der Waals surface area contributed by atoms with Crippen LogP contribution >= 0.6 is 0 Å². The van der Waals surface area contributed by atoms with Crippen molar-refractivity contribution in [1.29, 1.82) is 0 Å². The fraction of sp³-hybridized carbons (Fsp3) is 0.609. The molecule has 2 heterocycles. The maximum Gasteiger partial charge on any atom is 0.163 e. The zero-order valence-electron chi connectivity index (χ0n) is 17.7. The van der Waals surface area contributed by atoms with Crippen LogP contribution in [0.1, 0.15) is 44.4 Å². The van der Waals surface area contributed by atoms with E-state index >= 15 is 0 Å². The summed E-state index contributed by atoms with van der Waals surface area (Å²) >= 11 is 0. The molecule has 0 atom stereocenters. The minimum Gasteiger partial charge on any atom is -0.493 e. The number of likely N-dealkylation sites (tertiary alicyclic amines) is 1. The normalized spacial score (nSPS) is 18.4. The Morgan fingerprint density at radius 2 is 1.93 bits per heavy atom. The topological polar surface area (TPSA) is 46.6 Å². The van der Waals surface area contributed by atoms with E-state index < -0.39 is 0 Å². The van der Waals surface area contributed by atoms with Crippen LogP contribution in [0.25, 0.3) is 10.9 Å². The van der Waals surface area contributed by atoms with Gasteiger partial charge in [-0.15, -0.1) is 0 Å². The molecule has 1 aromatic carbocycles. The third-order valence-corrected chi connectivity index (χ3v) is 6.08. The predicted molar refractivity (Wildman–Crippen MR) is 115 cm³/mol. The third-order valence-electron chi connectivity index (χ3n) is 6.08. The Balaban J connectivity index is 1.58. The molecule has 152 valence electrons. The number of anilines is 1. The van der Waals surface area contributed by atoms with Crippen molar-refractivity contribution in [2.75, 3.05) is 45.7 Å². The van der Waals surface area contributed by atoms with Crippen LogP contribution in [-0.4, -0.2) is 50.3 Å². The van der Waals surface area contributed by atoms with Gasteiger partial charge in [0.2, 0.25) is 0 Å².